The first-order valence-electron chi connectivity index (χ1n) is 9.14. The van der Waals surface area contributed by atoms with Crippen LogP contribution in [0.1, 0.15) is 46.1 Å². The molecule has 2 atom stereocenters. The minimum Gasteiger partial charge on any atom is -0.340 e. The topological polar surface area (TPSA) is 92.5 Å². The van der Waals surface area contributed by atoms with Crippen LogP contribution in [-0.2, 0) is 20.2 Å². The molecule has 1 heterocycles. The molecule has 1 amide bonds. The highest BCUT2D eigenvalue weighted by Gasteiger charge is 2.31. The van der Waals surface area contributed by atoms with E-state index >= 15 is 0 Å². The third-order valence-electron chi connectivity index (χ3n) is 4.98. The van der Waals surface area contributed by atoms with Crippen LogP contribution in [0, 0.1) is 5.92 Å². The number of likely N-dealkylation sites (tertiary alicyclic amines) is 1. The van der Waals surface area contributed by atoms with Crippen molar-refractivity contribution < 1.29 is 13.2 Å². The monoisotopic (exact) mass is 417 g/mol. The predicted octanol–water partition coefficient (Wildman–Crippen LogP) is 2.27. The Morgan fingerprint density at radius 3 is 2.33 bits per heavy atom. The van der Waals surface area contributed by atoms with E-state index in [9.17, 15) is 13.2 Å². The van der Waals surface area contributed by atoms with Gasteiger partial charge in [0.05, 0.1) is 4.90 Å². The van der Waals surface area contributed by atoms with Gasteiger partial charge >= 0.3 is 0 Å². The van der Waals surface area contributed by atoms with Crippen LogP contribution in [0.4, 0.5) is 0 Å². The van der Waals surface area contributed by atoms with Crippen molar-refractivity contribution in [2.75, 3.05) is 19.6 Å². The number of nitrogens with one attached hydrogen (secondary N) is 1. The molecular formula is C19H32ClN3O3S. The van der Waals surface area contributed by atoms with Crippen molar-refractivity contribution in [3.8, 4) is 0 Å². The Hall–Kier alpha value is -1.15. The van der Waals surface area contributed by atoms with Gasteiger partial charge in [-0.3, -0.25) is 4.79 Å². The second-order valence-electron chi connectivity index (χ2n) is 8.15. The molecule has 2 rings (SSSR count). The molecule has 0 bridgehead atoms. The number of benzene rings is 1. The number of halogens is 1. The third kappa shape index (κ3) is 6.17. The molecule has 6 nitrogen and oxygen atoms in total. The second-order valence-corrected chi connectivity index (χ2v) is 9.92. The minimum atomic E-state index is -3.61. The fourth-order valence-electron chi connectivity index (χ4n) is 3.31. The maximum absolute atomic E-state index is 12.4. The highest BCUT2D eigenvalue weighted by atomic mass is 35.5. The van der Waals surface area contributed by atoms with Crippen LogP contribution in [0.3, 0.4) is 0 Å². The van der Waals surface area contributed by atoms with Gasteiger partial charge in [-0.15, -0.1) is 12.4 Å². The molecule has 1 saturated heterocycles. The van der Waals surface area contributed by atoms with E-state index < -0.39 is 10.0 Å². The maximum Gasteiger partial charge on any atom is 0.240 e. The van der Waals surface area contributed by atoms with E-state index in [1.54, 1.807) is 12.1 Å². The van der Waals surface area contributed by atoms with E-state index in [0.717, 1.165) is 12.0 Å². The largest absolute Gasteiger partial charge is 0.340 e. The van der Waals surface area contributed by atoms with Crippen LogP contribution in [0.2, 0.25) is 0 Å². The Morgan fingerprint density at radius 2 is 1.85 bits per heavy atom. The number of carbonyl (C=O) groups excluding carboxylic acids is 1. The normalized spacial score (nSPS) is 20.4. The van der Waals surface area contributed by atoms with Crippen molar-refractivity contribution >= 4 is 28.3 Å². The van der Waals surface area contributed by atoms with E-state index in [1.165, 1.54) is 0 Å². The fourth-order valence-corrected chi connectivity index (χ4v) is 4.35. The minimum absolute atomic E-state index is 0. The van der Waals surface area contributed by atoms with E-state index in [1.807, 2.05) is 24.0 Å². The molecule has 1 fully saturated rings. The summed E-state index contributed by atoms with van der Waals surface area (Å²) in [5, 5.41) is 0. The fraction of sp³-hybridized carbons (Fsp3) is 0.632. The van der Waals surface area contributed by atoms with Crippen molar-refractivity contribution in [3.63, 3.8) is 0 Å². The molecule has 1 aromatic rings. The van der Waals surface area contributed by atoms with Crippen LogP contribution in [0.15, 0.2) is 29.2 Å². The number of carbonyl (C=O) groups is 1. The Labute approximate surface area is 169 Å². The number of nitrogens with two attached hydrogens (primary N) is 1. The van der Waals surface area contributed by atoms with Crippen LogP contribution in [-0.4, -0.2) is 44.9 Å². The number of rotatable bonds is 6. The number of hydrogen-bond acceptors (Lipinski definition) is 4. The van der Waals surface area contributed by atoms with Crippen LogP contribution in [0.25, 0.3) is 0 Å². The second kappa shape index (κ2) is 9.37. The summed E-state index contributed by atoms with van der Waals surface area (Å²) < 4.78 is 27.3. The first-order valence-corrected chi connectivity index (χ1v) is 10.6. The SMILES string of the molecule is CC1CC(CN)CN1C(=O)CCNS(=O)(=O)c1ccc(C(C)(C)C)cc1.Cl. The van der Waals surface area contributed by atoms with Gasteiger partial charge in [0.1, 0.15) is 0 Å². The van der Waals surface area contributed by atoms with Crippen molar-refractivity contribution in [3.05, 3.63) is 29.8 Å². The zero-order valence-electron chi connectivity index (χ0n) is 16.6. The average Bonchev–Trinajstić information content (AvgIpc) is 2.95. The van der Waals surface area contributed by atoms with Crippen LogP contribution >= 0.6 is 12.4 Å². The van der Waals surface area contributed by atoms with Gasteiger partial charge in [-0.05, 0) is 48.9 Å². The first-order chi connectivity index (χ1) is 12.0. The molecule has 3 N–H and O–H groups in total. The standard InChI is InChI=1S/C19H31N3O3S.ClH/c1-14-11-15(12-20)13-22(14)18(23)9-10-21-26(24,25)17-7-5-16(6-8-17)19(2,3)4;/h5-8,14-15,21H,9-13,20H2,1-4H3;1H. The Balaban J connectivity index is 0.00000364. The highest BCUT2D eigenvalue weighted by molar-refractivity contribution is 7.89. The zero-order chi connectivity index (χ0) is 19.5. The molecule has 27 heavy (non-hydrogen) atoms. The lowest BCUT2D eigenvalue weighted by atomic mass is 9.87. The lowest BCUT2D eigenvalue weighted by molar-refractivity contribution is -0.131. The Bertz CT molecular complexity index is 730. The molecule has 0 aliphatic carbocycles. The van der Waals surface area contributed by atoms with E-state index in [0.29, 0.717) is 19.0 Å². The molecule has 2 unspecified atom stereocenters. The van der Waals surface area contributed by atoms with Crippen LogP contribution < -0.4 is 10.5 Å². The summed E-state index contributed by atoms with van der Waals surface area (Å²) in [5.41, 5.74) is 6.73. The molecular weight excluding hydrogens is 386 g/mol. The molecule has 8 heteroatoms. The molecule has 0 radical (unpaired) electrons. The van der Waals surface area contributed by atoms with Gasteiger partial charge < -0.3 is 10.6 Å². The van der Waals surface area contributed by atoms with Gasteiger partial charge in [0.2, 0.25) is 15.9 Å². The molecule has 1 aromatic carbocycles. The molecule has 1 aliphatic rings. The van der Waals surface area contributed by atoms with E-state index in [-0.39, 0.29) is 47.6 Å². The lowest BCUT2D eigenvalue weighted by Crippen LogP contribution is -2.37. The van der Waals surface area contributed by atoms with Crippen molar-refractivity contribution in [2.45, 2.75) is 56.9 Å². The van der Waals surface area contributed by atoms with Crippen LogP contribution in [0.5, 0.6) is 0 Å². The maximum atomic E-state index is 12.4. The molecule has 1 aliphatic heterocycles. The van der Waals surface area contributed by atoms with Gasteiger partial charge in [-0.25, -0.2) is 13.1 Å². The van der Waals surface area contributed by atoms with Gasteiger partial charge in [0.15, 0.2) is 0 Å². The number of nitrogens with zero attached hydrogens (tertiary/aromatic N) is 1. The number of hydrogen-bond donors (Lipinski definition) is 2. The average molecular weight is 418 g/mol. The number of amides is 1. The summed E-state index contributed by atoms with van der Waals surface area (Å²) in [5.74, 6) is 0.311. The van der Waals surface area contributed by atoms with E-state index in [4.69, 9.17) is 5.73 Å². The zero-order valence-corrected chi connectivity index (χ0v) is 18.2. The van der Waals surface area contributed by atoms with Gasteiger partial charge in [0, 0.05) is 25.6 Å². The number of sulfonamides is 1. The summed E-state index contributed by atoms with van der Waals surface area (Å²) in [4.78, 5) is 14.4. The lowest BCUT2D eigenvalue weighted by Gasteiger charge is -2.21. The van der Waals surface area contributed by atoms with Crippen molar-refractivity contribution in [2.24, 2.45) is 11.7 Å². The third-order valence-corrected chi connectivity index (χ3v) is 6.45. The van der Waals surface area contributed by atoms with Gasteiger partial charge in [-0.2, -0.15) is 0 Å². The van der Waals surface area contributed by atoms with Crippen molar-refractivity contribution in [1.29, 1.82) is 0 Å². The van der Waals surface area contributed by atoms with Gasteiger partial charge in [-0.1, -0.05) is 32.9 Å². The molecule has 0 spiro atoms. The Kier molecular flexibility index (Phi) is 8.29. The summed E-state index contributed by atoms with van der Waals surface area (Å²) in [6, 6.07) is 7.05. The Morgan fingerprint density at radius 1 is 1.26 bits per heavy atom. The van der Waals surface area contributed by atoms with Crippen molar-refractivity contribution in [1.82, 2.24) is 9.62 Å². The summed E-state index contributed by atoms with van der Waals surface area (Å²) in [7, 11) is -3.61. The molecule has 0 saturated carbocycles. The molecule has 0 aromatic heterocycles. The smallest absolute Gasteiger partial charge is 0.240 e. The van der Waals surface area contributed by atoms with Gasteiger partial charge in [0.25, 0.3) is 0 Å². The summed E-state index contributed by atoms with van der Waals surface area (Å²) in [6.45, 7) is 9.58. The summed E-state index contributed by atoms with van der Waals surface area (Å²) >= 11 is 0. The van der Waals surface area contributed by atoms with E-state index in [2.05, 4.69) is 25.5 Å². The first kappa shape index (κ1) is 23.9. The highest BCUT2D eigenvalue weighted by Crippen LogP contribution is 2.24. The predicted molar refractivity (Wildman–Crippen MR) is 111 cm³/mol. The summed E-state index contributed by atoms with van der Waals surface area (Å²) in [6.07, 6.45) is 1.06. The quantitative estimate of drug-likeness (QED) is 0.742. The molecule has 154 valence electrons.